The molecule has 1 heterocycles. The van der Waals surface area contributed by atoms with Gasteiger partial charge in [-0.1, -0.05) is 35.3 Å². The summed E-state index contributed by atoms with van der Waals surface area (Å²) in [6, 6.07) is 10.5. The van der Waals surface area contributed by atoms with E-state index in [2.05, 4.69) is 5.32 Å². The van der Waals surface area contributed by atoms with Gasteiger partial charge in [-0.05, 0) is 53.2 Å². The molecule has 0 radical (unpaired) electrons. The minimum atomic E-state index is -0.404. The highest BCUT2D eigenvalue weighted by atomic mass is 35.5. The Bertz CT molecular complexity index is 914. The molecule has 0 unspecified atom stereocenters. The molecule has 0 atom stereocenters. The summed E-state index contributed by atoms with van der Waals surface area (Å²) < 4.78 is 11.1. The highest BCUT2D eigenvalue weighted by Gasteiger charge is 2.25. The summed E-state index contributed by atoms with van der Waals surface area (Å²) >= 11 is 12.8. The van der Waals surface area contributed by atoms with Crippen LogP contribution in [0.5, 0.6) is 11.5 Å². The van der Waals surface area contributed by atoms with E-state index in [9.17, 15) is 9.59 Å². The number of halogens is 2. The second-order valence-corrected chi connectivity index (χ2v) is 7.13. The highest BCUT2D eigenvalue weighted by Crippen LogP contribution is 2.32. The van der Waals surface area contributed by atoms with E-state index in [4.69, 9.17) is 32.7 Å². The third-order valence-corrected chi connectivity index (χ3v) is 5.06. The predicted molar refractivity (Wildman–Crippen MR) is 103 cm³/mol. The van der Waals surface area contributed by atoms with Crippen molar-refractivity contribution in [3.63, 3.8) is 0 Å². The molecule has 2 aromatic carbocycles. The zero-order valence-electron chi connectivity index (χ0n) is 13.5. The van der Waals surface area contributed by atoms with E-state index in [1.54, 1.807) is 36.4 Å². The molecular weight excluding hydrogens is 397 g/mol. The quantitative estimate of drug-likeness (QED) is 0.710. The standard InChI is InChI=1S/C18H13Cl2NO4S/c1-24-15-7-10(8-16-17(22)21-18(23)26-16)3-5-14(15)25-9-11-2-4-12(19)13(20)6-11/h2-8H,9H2,1H3,(H,21,22,23)/b16-8+. The molecule has 26 heavy (non-hydrogen) atoms. The Morgan fingerprint density at radius 1 is 1.08 bits per heavy atom. The molecule has 3 rings (SSSR count). The lowest BCUT2D eigenvalue weighted by molar-refractivity contribution is -0.115. The number of carbonyl (C=O) groups is 2. The third kappa shape index (κ3) is 4.33. The topological polar surface area (TPSA) is 64.6 Å². The van der Waals surface area contributed by atoms with Crippen molar-refractivity contribution < 1.29 is 19.1 Å². The van der Waals surface area contributed by atoms with Crippen molar-refractivity contribution in [3.05, 3.63) is 62.5 Å². The predicted octanol–water partition coefficient (Wildman–Crippen LogP) is 4.90. The van der Waals surface area contributed by atoms with Gasteiger partial charge in [0.15, 0.2) is 11.5 Å². The number of amides is 2. The number of hydrogen-bond acceptors (Lipinski definition) is 5. The maximum absolute atomic E-state index is 11.6. The van der Waals surface area contributed by atoms with Crippen LogP contribution in [0.1, 0.15) is 11.1 Å². The molecule has 2 aromatic rings. The molecule has 5 nitrogen and oxygen atoms in total. The fourth-order valence-electron chi connectivity index (χ4n) is 2.26. The number of ether oxygens (including phenoxy) is 2. The molecule has 0 saturated carbocycles. The van der Waals surface area contributed by atoms with Crippen LogP contribution in [0.15, 0.2) is 41.3 Å². The molecule has 0 spiro atoms. The summed E-state index contributed by atoms with van der Waals surface area (Å²) in [5.74, 6) is 0.647. The normalized spacial score (nSPS) is 15.3. The Kier molecular flexibility index (Phi) is 5.76. The zero-order chi connectivity index (χ0) is 18.7. The van der Waals surface area contributed by atoms with E-state index in [-0.39, 0.29) is 5.24 Å². The zero-order valence-corrected chi connectivity index (χ0v) is 15.9. The van der Waals surface area contributed by atoms with E-state index in [0.29, 0.717) is 33.1 Å². The molecule has 1 saturated heterocycles. The van der Waals surface area contributed by atoms with Crippen LogP contribution in [0.4, 0.5) is 4.79 Å². The Balaban J connectivity index is 1.76. The van der Waals surface area contributed by atoms with Gasteiger partial charge in [0.2, 0.25) is 0 Å². The Morgan fingerprint density at radius 2 is 1.88 bits per heavy atom. The maximum Gasteiger partial charge on any atom is 0.290 e. The second kappa shape index (κ2) is 8.03. The van der Waals surface area contributed by atoms with Crippen LogP contribution < -0.4 is 14.8 Å². The van der Waals surface area contributed by atoms with Crippen LogP contribution in [0.25, 0.3) is 6.08 Å². The van der Waals surface area contributed by atoms with Gasteiger partial charge >= 0.3 is 0 Å². The summed E-state index contributed by atoms with van der Waals surface area (Å²) in [5, 5.41) is 2.78. The fraction of sp³-hybridized carbons (Fsp3) is 0.111. The van der Waals surface area contributed by atoms with Gasteiger partial charge in [0, 0.05) is 0 Å². The van der Waals surface area contributed by atoms with Crippen LogP contribution in [0.3, 0.4) is 0 Å². The summed E-state index contributed by atoms with van der Waals surface area (Å²) in [5.41, 5.74) is 1.58. The maximum atomic E-state index is 11.6. The first-order valence-electron chi connectivity index (χ1n) is 7.46. The smallest absolute Gasteiger partial charge is 0.290 e. The van der Waals surface area contributed by atoms with E-state index in [0.717, 1.165) is 22.9 Å². The molecule has 0 aromatic heterocycles. The van der Waals surface area contributed by atoms with E-state index >= 15 is 0 Å². The number of carbonyl (C=O) groups excluding carboxylic acids is 2. The Labute approximate surface area is 164 Å². The van der Waals surface area contributed by atoms with Gasteiger partial charge in [-0.25, -0.2) is 0 Å². The lowest BCUT2D eigenvalue weighted by atomic mass is 10.2. The molecule has 0 aliphatic carbocycles. The molecular formula is C18H13Cl2NO4S. The van der Waals surface area contributed by atoms with Crippen molar-refractivity contribution in [2.24, 2.45) is 0 Å². The number of hydrogen-bond donors (Lipinski definition) is 1. The summed E-state index contributed by atoms with van der Waals surface area (Å²) in [7, 11) is 1.53. The Hall–Kier alpha value is -2.15. The molecule has 2 amide bonds. The first-order chi connectivity index (χ1) is 12.5. The average molecular weight is 410 g/mol. The first-order valence-corrected chi connectivity index (χ1v) is 9.03. The minimum absolute atomic E-state index is 0.292. The molecule has 134 valence electrons. The van der Waals surface area contributed by atoms with Gasteiger partial charge in [0.25, 0.3) is 11.1 Å². The van der Waals surface area contributed by atoms with Crippen LogP contribution in [0.2, 0.25) is 10.0 Å². The lowest BCUT2D eigenvalue weighted by Gasteiger charge is -2.12. The van der Waals surface area contributed by atoms with Gasteiger partial charge in [0.1, 0.15) is 6.61 Å². The molecule has 1 aliphatic rings. The SMILES string of the molecule is COc1cc(/C=C2/SC(=O)NC2=O)ccc1OCc1ccc(Cl)c(Cl)c1. The second-order valence-electron chi connectivity index (χ2n) is 5.30. The van der Waals surface area contributed by atoms with Crippen molar-refractivity contribution in [1.82, 2.24) is 5.32 Å². The largest absolute Gasteiger partial charge is 0.493 e. The number of nitrogens with one attached hydrogen (secondary N) is 1. The Morgan fingerprint density at radius 3 is 2.54 bits per heavy atom. The van der Waals surface area contributed by atoms with E-state index in [1.807, 2.05) is 6.07 Å². The molecule has 1 fully saturated rings. The van der Waals surface area contributed by atoms with Gasteiger partial charge < -0.3 is 9.47 Å². The van der Waals surface area contributed by atoms with Crippen LogP contribution in [-0.4, -0.2) is 18.3 Å². The monoisotopic (exact) mass is 409 g/mol. The van der Waals surface area contributed by atoms with E-state index in [1.165, 1.54) is 7.11 Å². The summed E-state index contributed by atoms with van der Waals surface area (Å²) in [4.78, 5) is 23.2. The van der Waals surface area contributed by atoms with Gasteiger partial charge in [-0.15, -0.1) is 0 Å². The third-order valence-electron chi connectivity index (χ3n) is 3.51. The van der Waals surface area contributed by atoms with Gasteiger partial charge in [-0.3, -0.25) is 14.9 Å². The fourth-order valence-corrected chi connectivity index (χ4v) is 3.26. The number of methoxy groups -OCH3 is 1. The first kappa shape index (κ1) is 18.6. The molecule has 1 N–H and O–H groups in total. The van der Waals surface area contributed by atoms with Crippen LogP contribution >= 0.6 is 35.0 Å². The van der Waals surface area contributed by atoms with E-state index < -0.39 is 5.91 Å². The van der Waals surface area contributed by atoms with Crippen molar-refractivity contribution in [3.8, 4) is 11.5 Å². The average Bonchev–Trinajstić information content (AvgIpc) is 2.93. The van der Waals surface area contributed by atoms with Crippen molar-refractivity contribution in [2.75, 3.05) is 7.11 Å². The van der Waals surface area contributed by atoms with Crippen molar-refractivity contribution in [1.29, 1.82) is 0 Å². The number of benzene rings is 2. The molecule has 8 heteroatoms. The summed E-state index contributed by atoms with van der Waals surface area (Å²) in [6.45, 7) is 0.292. The van der Waals surface area contributed by atoms with Crippen molar-refractivity contribution >= 4 is 52.2 Å². The number of imide groups is 1. The molecule has 1 aliphatic heterocycles. The number of thioether (sulfide) groups is 1. The number of rotatable bonds is 5. The minimum Gasteiger partial charge on any atom is -0.493 e. The van der Waals surface area contributed by atoms with Crippen LogP contribution in [-0.2, 0) is 11.4 Å². The molecule has 0 bridgehead atoms. The van der Waals surface area contributed by atoms with Gasteiger partial charge in [-0.2, -0.15) is 0 Å². The van der Waals surface area contributed by atoms with Gasteiger partial charge in [0.05, 0.1) is 22.1 Å². The highest BCUT2D eigenvalue weighted by molar-refractivity contribution is 8.18. The van der Waals surface area contributed by atoms with Crippen LogP contribution in [0, 0.1) is 0 Å². The summed E-state index contributed by atoms with van der Waals surface area (Å²) in [6.07, 6.45) is 1.62. The lowest BCUT2D eigenvalue weighted by Crippen LogP contribution is -2.17. The van der Waals surface area contributed by atoms with Crippen molar-refractivity contribution in [2.45, 2.75) is 6.61 Å².